The molecular weight excluding hydrogens is 256 g/mol. The lowest BCUT2D eigenvalue weighted by Crippen LogP contribution is -2.44. The maximum Gasteiger partial charge on any atom is 0.338 e. The number of hydrogen-bond donors (Lipinski definition) is 2. The van der Waals surface area contributed by atoms with Crippen LogP contribution in [0.15, 0.2) is 18.3 Å². The number of ether oxygens (including phenoxy) is 1. The number of methoxy groups -OCH3 is 1. The van der Waals surface area contributed by atoms with Gasteiger partial charge in [0.15, 0.2) is 0 Å². The molecule has 2 N–H and O–H groups in total. The molecule has 0 aliphatic carbocycles. The number of piperazine rings is 1. The molecule has 1 aromatic heterocycles. The zero-order valence-corrected chi connectivity index (χ0v) is 11.9. The van der Waals surface area contributed by atoms with Crippen LogP contribution in [0.1, 0.15) is 16.8 Å². The van der Waals surface area contributed by atoms with E-state index in [1.807, 2.05) is 0 Å². The molecule has 1 aromatic rings. The molecule has 0 spiro atoms. The SMILES string of the molecule is COC(=O)c1ccnc(NCCCN2CCNCC2)c1. The Labute approximate surface area is 119 Å². The lowest BCUT2D eigenvalue weighted by Gasteiger charge is -2.27. The molecule has 0 amide bonds. The fourth-order valence-electron chi connectivity index (χ4n) is 2.23. The van der Waals surface area contributed by atoms with E-state index in [4.69, 9.17) is 0 Å². The number of carbonyl (C=O) groups is 1. The number of carbonyl (C=O) groups excluding carboxylic acids is 1. The first-order valence-electron chi connectivity index (χ1n) is 7.01. The fourth-order valence-corrected chi connectivity index (χ4v) is 2.23. The number of pyridine rings is 1. The molecule has 20 heavy (non-hydrogen) atoms. The summed E-state index contributed by atoms with van der Waals surface area (Å²) in [7, 11) is 1.38. The van der Waals surface area contributed by atoms with Crippen LogP contribution in [0.25, 0.3) is 0 Å². The van der Waals surface area contributed by atoms with Gasteiger partial charge >= 0.3 is 5.97 Å². The van der Waals surface area contributed by atoms with Crippen molar-refractivity contribution in [2.45, 2.75) is 6.42 Å². The summed E-state index contributed by atoms with van der Waals surface area (Å²) in [5, 5.41) is 6.58. The highest BCUT2D eigenvalue weighted by Gasteiger charge is 2.09. The highest BCUT2D eigenvalue weighted by molar-refractivity contribution is 5.89. The van der Waals surface area contributed by atoms with Crippen molar-refractivity contribution < 1.29 is 9.53 Å². The third-order valence-electron chi connectivity index (χ3n) is 3.35. The Balaban J connectivity index is 1.72. The van der Waals surface area contributed by atoms with Gasteiger partial charge < -0.3 is 20.3 Å². The lowest BCUT2D eigenvalue weighted by atomic mass is 10.2. The minimum absolute atomic E-state index is 0.337. The summed E-state index contributed by atoms with van der Waals surface area (Å²) in [5.74, 6) is 0.379. The summed E-state index contributed by atoms with van der Waals surface area (Å²) >= 11 is 0. The van der Waals surface area contributed by atoms with Gasteiger partial charge in [-0.3, -0.25) is 0 Å². The number of rotatable bonds is 6. The van der Waals surface area contributed by atoms with E-state index in [2.05, 4.69) is 25.3 Å². The number of anilines is 1. The van der Waals surface area contributed by atoms with Crippen LogP contribution in [-0.4, -0.2) is 62.2 Å². The standard InChI is InChI=1S/C14H22N4O2/c1-20-14(19)12-3-5-17-13(11-12)16-4-2-8-18-9-6-15-7-10-18/h3,5,11,15H,2,4,6-10H2,1H3,(H,16,17). The molecule has 2 heterocycles. The van der Waals surface area contributed by atoms with Crippen LogP contribution in [-0.2, 0) is 4.74 Å². The maximum absolute atomic E-state index is 11.4. The summed E-state index contributed by atoms with van der Waals surface area (Å²) in [5.41, 5.74) is 0.520. The lowest BCUT2D eigenvalue weighted by molar-refractivity contribution is 0.0600. The molecule has 110 valence electrons. The van der Waals surface area contributed by atoms with E-state index in [0.29, 0.717) is 11.4 Å². The van der Waals surface area contributed by atoms with Gasteiger partial charge in [-0.15, -0.1) is 0 Å². The topological polar surface area (TPSA) is 66.5 Å². The molecule has 0 aromatic carbocycles. The molecule has 2 rings (SSSR count). The maximum atomic E-state index is 11.4. The summed E-state index contributed by atoms with van der Waals surface area (Å²) < 4.78 is 4.69. The van der Waals surface area contributed by atoms with Gasteiger partial charge in [0.2, 0.25) is 0 Å². The number of nitrogens with one attached hydrogen (secondary N) is 2. The van der Waals surface area contributed by atoms with Crippen LogP contribution >= 0.6 is 0 Å². The normalized spacial score (nSPS) is 15.8. The van der Waals surface area contributed by atoms with Gasteiger partial charge in [-0.25, -0.2) is 9.78 Å². The van der Waals surface area contributed by atoms with Crippen molar-refractivity contribution in [3.63, 3.8) is 0 Å². The molecule has 0 saturated carbocycles. The Morgan fingerprint density at radius 1 is 1.50 bits per heavy atom. The molecule has 0 bridgehead atoms. The third-order valence-corrected chi connectivity index (χ3v) is 3.35. The second kappa shape index (κ2) is 7.81. The van der Waals surface area contributed by atoms with E-state index in [1.165, 1.54) is 7.11 Å². The average molecular weight is 278 g/mol. The van der Waals surface area contributed by atoms with E-state index in [9.17, 15) is 4.79 Å². The smallest absolute Gasteiger partial charge is 0.338 e. The second-order valence-electron chi connectivity index (χ2n) is 4.79. The van der Waals surface area contributed by atoms with Crippen molar-refractivity contribution in [3.8, 4) is 0 Å². The molecule has 1 fully saturated rings. The fraction of sp³-hybridized carbons (Fsp3) is 0.571. The van der Waals surface area contributed by atoms with Crippen LogP contribution in [0.5, 0.6) is 0 Å². The zero-order valence-electron chi connectivity index (χ0n) is 11.9. The summed E-state index contributed by atoms with van der Waals surface area (Å²) in [6.45, 7) is 6.34. The van der Waals surface area contributed by atoms with Crippen molar-refractivity contribution in [1.29, 1.82) is 0 Å². The average Bonchev–Trinajstić information content (AvgIpc) is 2.52. The van der Waals surface area contributed by atoms with Crippen molar-refractivity contribution in [2.75, 3.05) is 51.7 Å². The van der Waals surface area contributed by atoms with E-state index in [0.717, 1.165) is 45.7 Å². The van der Waals surface area contributed by atoms with Crippen molar-refractivity contribution >= 4 is 11.8 Å². The first-order chi connectivity index (χ1) is 9.79. The van der Waals surface area contributed by atoms with E-state index in [1.54, 1.807) is 18.3 Å². The van der Waals surface area contributed by atoms with Crippen molar-refractivity contribution in [2.24, 2.45) is 0 Å². The van der Waals surface area contributed by atoms with Gasteiger partial charge in [0.1, 0.15) is 5.82 Å². The molecule has 0 unspecified atom stereocenters. The second-order valence-corrected chi connectivity index (χ2v) is 4.79. The molecule has 6 heteroatoms. The zero-order chi connectivity index (χ0) is 14.2. The minimum atomic E-state index is -0.337. The van der Waals surface area contributed by atoms with Gasteiger partial charge in [0.25, 0.3) is 0 Å². The molecular formula is C14H22N4O2. The molecule has 1 saturated heterocycles. The van der Waals surface area contributed by atoms with Gasteiger partial charge in [0, 0.05) is 38.9 Å². The van der Waals surface area contributed by atoms with Crippen LogP contribution < -0.4 is 10.6 Å². The van der Waals surface area contributed by atoms with Crippen molar-refractivity contribution in [1.82, 2.24) is 15.2 Å². The first kappa shape index (κ1) is 14.7. The Bertz CT molecular complexity index is 433. The predicted molar refractivity (Wildman–Crippen MR) is 78.0 cm³/mol. The molecule has 0 radical (unpaired) electrons. The molecule has 1 aliphatic rings. The summed E-state index contributed by atoms with van der Waals surface area (Å²) in [4.78, 5) is 18.1. The van der Waals surface area contributed by atoms with Crippen LogP contribution in [0.2, 0.25) is 0 Å². The van der Waals surface area contributed by atoms with Gasteiger partial charge in [-0.2, -0.15) is 0 Å². The summed E-state index contributed by atoms with van der Waals surface area (Å²) in [6.07, 6.45) is 2.68. The Morgan fingerprint density at radius 2 is 2.30 bits per heavy atom. The quantitative estimate of drug-likeness (QED) is 0.586. The van der Waals surface area contributed by atoms with Gasteiger partial charge in [0.05, 0.1) is 12.7 Å². The van der Waals surface area contributed by atoms with E-state index >= 15 is 0 Å². The Morgan fingerprint density at radius 3 is 3.05 bits per heavy atom. The number of hydrogen-bond acceptors (Lipinski definition) is 6. The molecule has 1 aliphatic heterocycles. The van der Waals surface area contributed by atoms with E-state index in [-0.39, 0.29) is 5.97 Å². The monoisotopic (exact) mass is 278 g/mol. The van der Waals surface area contributed by atoms with Gasteiger partial charge in [-0.05, 0) is 25.1 Å². The predicted octanol–water partition coefficient (Wildman–Crippen LogP) is 0.575. The van der Waals surface area contributed by atoms with Crippen LogP contribution in [0.3, 0.4) is 0 Å². The minimum Gasteiger partial charge on any atom is -0.465 e. The third kappa shape index (κ3) is 4.47. The highest BCUT2D eigenvalue weighted by Crippen LogP contribution is 2.08. The van der Waals surface area contributed by atoms with Gasteiger partial charge in [-0.1, -0.05) is 0 Å². The highest BCUT2D eigenvalue weighted by atomic mass is 16.5. The van der Waals surface area contributed by atoms with E-state index < -0.39 is 0 Å². The van der Waals surface area contributed by atoms with Crippen LogP contribution in [0, 0.1) is 0 Å². The number of nitrogens with zero attached hydrogens (tertiary/aromatic N) is 2. The number of esters is 1. The first-order valence-corrected chi connectivity index (χ1v) is 7.01. The van der Waals surface area contributed by atoms with Crippen LogP contribution in [0.4, 0.5) is 5.82 Å². The molecule has 6 nitrogen and oxygen atoms in total. The Kier molecular flexibility index (Phi) is 5.76. The largest absolute Gasteiger partial charge is 0.465 e. The Hall–Kier alpha value is -1.66. The number of aromatic nitrogens is 1. The summed E-state index contributed by atoms with van der Waals surface area (Å²) in [6, 6.07) is 3.37. The molecule has 0 atom stereocenters. The van der Waals surface area contributed by atoms with Crippen molar-refractivity contribution in [3.05, 3.63) is 23.9 Å².